The molecular weight excluding hydrogens is 428 g/mol. The molecule has 0 atom stereocenters. The average Bonchev–Trinajstić information content (AvgIpc) is 2.91. The van der Waals surface area contributed by atoms with E-state index in [4.69, 9.17) is 6.42 Å². The first-order valence-electron chi connectivity index (χ1n) is 8.06. The van der Waals surface area contributed by atoms with E-state index < -0.39 is 0 Å². The van der Waals surface area contributed by atoms with Crippen molar-refractivity contribution in [2.24, 2.45) is 4.99 Å². The van der Waals surface area contributed by atoms with Crippen LogP contribution in [0.3, 0.4) is 0 Å². The number of amides is 1. The molecule has 3 rings (SSSR count). The molecule has 6 heteroatoms. The molecule has 3 nitrogen and oxygen atoms in total. The van der Waals surface area contributed by atoms with Crippen molar-refractivity contribution < 1.29 is 4.79 Å². The number of thiazole rings is 1. The molecule has 2 aromatic carbocycles. The Morgan fingerprint density at radius 2 is 2.15 bits per heavy atom. The SMILES string of the molecule is C#CCn1c(=NC(=O)c2cccc(SC(C)C)c2)sc2cc(Br)ccc21. The zero-order valence-electron chi connectivity index (χ0n) is 14.4. The molecule has 0 spiro atoms. The molecule has 0 N–H and O–H groups in total. The number of fused-ring (bicyclic) bond motifs is 1. The van der Waals surface area contributed by atoms with E-state index in [0.717, 1.165) is 19.6 Å². The molecule has 0 fully saturated rings. The minimum absolute atomic E-state index is 0.257. The topological polar surface area (TPSA) is 34.4 Å². The summed E-state index contributed by atoms with van der Waals surface area (Å²) in [5, 5.41) is 0.455. The molecule has 1 aromatic heterocycles. The molecule has 0 bridgehead atoms. The van der Waals surface area contributed by atoms with E-state index in [-0.39, 0.29) is 5.91 Å². The smallest absolute Gasteiger partial charge is 0.279 e. The first-order valence-corrected chi connectivity index (χ1v) is 10.5. The molecule has 0 aliphatic heterocycles. The Bertz CT molecular complexity index is 1070. The van der Waals surface area contributed by atoms with Gasteiger partial charge in [0.05, 0.1) is 16.8 Å². The van der Waals surface area contributed by atoms with E-state index in [1.54, 1.807) is 17.8 Å². The fraction of sp³-hybridized carbons (Fsp3) is 0.200. The Kier molecular flexibility index (Phi) is 6.02. The number of nitrogens with zero attached hydrogens (tertiary/aromatic N) is 2. The Labute approximate surface area is 169 Å². The number of terminal acetylenes is 1. The predicted molar refractivity (Wildman–Crippen MR) is 114 cm³/mol. The highest BCUT2D eigenvalue weighted by atomic mass is 79.9. The molecule has 0 radical (unpaired) electrons. The molecule has 26 heavy (non-hydrogen) atoms. The van der Waals surface area contributed by atoms with Crippen LogP contribution >= 0.6 is 39.0 Å². The molecule has 0 aliphatic rings. The van der Waals surface area contributed by atoms with Crippen molar-refractivity contribution in [2.75, 3.05) is 0 Å². The third-order valence-electron chi connectivity index (χ3n) is 3.54. The Morgan fingerprint density at radius 1 is 1.35 bits per heavy atom. The molecule has 132 valence electrons. The van der Waals surface area contributed by atoms with E-state index >= 15 is 0 Å². The second-order valence-corrected chi connectivity index (χ2v) is 9.47. The van der Waals surface area contributed by atoms with Crippen molar-refractivity contribution in [3.05, 3.63) is 57.3 Å². The number of rotatable bonds is 4. The number of carbonyl (C=O) groups is 1. The molecule has 3 aromatic rings. The molecule has 1 heterocycles. The zero-order chi connectivity index (χ0) is 18.7. The van der Waals surface area contributed by atoms with Crippen LogP contribution in [0.2, 0.25) is 0 Å². The Balaban J connectivity index is 2.05. The van der Waals surface area contributed by atoms with Crippen molar-refractivity contribution in [3.8, 4) is 12.3 Å². The largest absolute Gasteiger partial charge is 0.305 e. The van der Waals surface area contributed by atoms with Crippen LogP contribution in [0.25, 0.3) is 10.2 Å². The summed E-state index contributed by atoms with van der Waals surface area (Å²) in [5.41, 5.74) is 1.56. The summed E-state index contributed by atoms with van der Waals surface area (Å²) < 4.78 is 3.91. The summed E-state index contributed by atoms with van der Waals surface area (Å²) in [6, 6.07) is 13.5. The maximum atomic E-state index is 12.7. The fourth-order valence-corrected chi connectivity index (χ4v) is 4.98. The Morgan fingerprint density at radius 3 is 2.88 bits per heavy atom. The quantitative estimate of drug-likeness (QED) is 0.401. The normalized spacial score (nSPS) is 11.9. The van der Waals surface area contributed by atoms with Crippen LogP contribution in [0, 0.1) is 12.3 Å². The zero-order valence-corrected chi connectivity index (χ0v) is 17.6. The predicted octanol–water partition coefficient (Wildman–Crippen LogP) is 5.34. The molecule has 0 unspecified atom stereocenters. The summed E-state index contributed by atoms with van der Waals surface area (Å²) in [7, 11) is 0. The molecule has 0 saturated carbocycles. The van der Waals surface area contributed by atoms with Crippen LogP contribution in [0.4, 0.5) is 0 Å². The highest BCUT2D eigenvalue weighted by molar-refractivity contribution is 9.10. The van der Waals surface area contributed by atoms with Gasteiger partial charge < -0.3 is 4.57 Å². The van der Waals surface area contributed by atoms with Crippen molar-refractivity contribution in [1.29, 1.82) is 0 Å². The van der Waals surface area contributed by atoms with Gasteiger partial charge in [-0.1, -0.05) is 53.1 Å². The highest BCUT2D eigenvalue weighted by Gasteiger charge is 2.10. The first kappa shape index (κ1) is 19.0. The molecular formula is C20H17BrN2OS2. The number of hydrogen-bond donors (Lipinski definition) is 0. The van der Waals surface area contributed by atoms with Gasteiger partial charge in [0.2, 0.25) is 0 Å². The average molecular weight is 445 g/mol. The van der Waals surface area contributed by atoms with E-state index in [0.29, 0.717) is 22.2 Å². The van der Waals surface area contributed by atoms with Crippen LogP contribution in [0.15, 0.2) is 56.8 Å². The number of carbonyl (C=O) groups excluding carboxylic acids is 1. The van der Waals surface area contributed by atoms with E-state index in [1.807, 2.05) is 41.0 Å². The third kappa shape index (κ3) is 4.29. The number of thioether (sulfide) groups is 1. The van der Waals surface area contributed by atoms with Crippen LogP contribution in [0.5, 0.6) is 0 Å². The third-order valence-corrected chi connectivity index (χ3v) is 6.08. The van der Waals surface area contributed by atoms with Crippen LogP contribution in [-0.4, -0.2) is 15.7 Å². The molecule has 0 saturated heterocycles. The molecule has 1 amide bonds. The second kappa shape index (κ2) is 8.26. The number of aromatic nitrogens is 1. The summed E-state index contributed by atoms with van der Waals surface area (Å²) >= 11 is 6.66. The standard InChI is InChI=1S/C20H17BrN2OS2/c1-4-10-23-17-9-8-15(21)12-18(17)26-20(23)22-19(24)14-6-5-7-16(11-14)25-13(2)3/h1,5-9,11-13H,10H2,2-3H3. The van der Waals surface area contributed by atoms with Crippen LogP contribution in [0.1, 0.15) is 24.2 Å². The fourth-order valence-electron chi connectivity index (χ4n) is 2.50. The monoisotopic (exact) mass is 444 g/mol. The lowest BCUT2D eigenvalue weighted by Gasteiger charge is -2.05. The van der Waals surface area contributed by atoms with Crippen molar-refractivity contribution in [1.82, 2.24) is 4.57 Å². The van der Waals surface area contributed by atoms with Crippen LogP contribution in [-0.2, 0) is 6.54 Å². The van der Waals surface area contributed by atoms with Crippen LogP contribution < -0.4 is 4.80 Å². The second-order valence-electron chi connectivity index (χ2n) is 5.90. The maximum absolute atomic E-state index is 12.7. The van der Waals surface area contributed by atoms with Gasteiger partial charge in [-0.3, -0.25) is 4.79 Å². The van der Waals surface area contributed by atoms with Gasteiger partial charge in [-0.05, 0) is 36.4 Å². The number of hydrogen-bond acceptors (Lipinski definition) is 3. The molecule has 0 aliphatic carbocycles. The van der Waals surface area contributed by atoms with Gasteiger partial charge in [-0.2, -0.15) is 4.99 Å². The number of benzene rings is 2. The van der Waals surface area contributed by atoms with Crippen molar-refractivity contribution in [2.45, 2.75) is 30.5 Å². The summed E-state index contributed by atoms with van der Waals surface area (Å²) in [6.45, 7) is 4.63. The summed E-state index contributed by atoms with van der Waals surface area (Å²) in [4.78, 5) is 18.7. The minimum atomic E-state index is -0.257. The lowest BCUT2D eigenvalue weighted by Crippen LogP contribution is -2.16. The lowest BCUT2D eigenvalue weighted by molar-refractivity contribution is 0.0997. The lowest BCUT2D eigenvalue weighted by atomic mass is 10.2. The highest BCUT2D eigenvalue weighted by Crippen LogP contribution is 2.24. The van der Waals surface area contributed by atoms with Gasteiger partial charge in [0.1, 0.15) is 0 Å². The van der Waals surface area contributed by atoms with E-state index in [9.17, 15) is 4.79 Å². The van der Waals surface area contributed by atoms with Gasteiger partial charge in [0, 0.05) is 20.2 Å². The van der Waals surface area contributed by atoms with E-state index in [1.165, 1.54) is 11.3 Å². The number of halogens is 1. The van der Waals surface area contributed by atoms with Gasteiger partial charge in [-0.25, -0.2) is 0 Å². The van der Waals surface area contributed by atoms with Crippen molar-refractivity contribution >= 4 is 55.2 Å². The van der Waals surface area contributed by atoms with E-state index in [2.05, 4.69) is 40.7 Å². The summed E-state index contributed by atoms with van der Waals surface area (Å²) in [6.07, 6.45) is 5.51. The Hall–Kier alpha value is -1.81. The first-order chi connectivity index (χ1) is 12.5. The van der Waals surface area contributed by atoms with Gasteiger partial charge >= 0.3 is 0 Å². The van der Waals surface area contributed by atoms with Crippen molar-refractivity contribution in [3.63, 3.8) is 0 Å². The van der Waals surface area contributed by atoms with Gasteiger partial charge in [0.25, 0.3) is 5.91 Å². The van der Waals surface area contributed by atoms with Gasteiger partial charge in [-0.15, -0.1) is 18.2 Å². The van der Waals surface area contributed by atoms with Gasteiger partial charge in [0.15, 0.2) is 4.80 Å². The summed E-state index contributed by atoms with van der Waals surface area (Å²) in [5.74, 6) is 2.39. The maximum Gasteiger partial charge on any atom is 0.279 e. The minimum Gasteiger partial charge on any atom is -0.305 e.